The quantitative estimate of drug-likeness (QED) is 0.833. The summed E-state index contributed by atoms with van der Waals surface area (Å²) in [4.78, 5) is 2.66. The summed E-state index contributed by atoms with van der Waals surface area (Å²) in [5.74, 6) is 0. The molecule has 0 spiro atoms. The molecule has 2 nitrogen and oxygen atoms in total. The number of hydrogen-bond acceptors (Lipinski definition) is 2. The smallest absolute Gasteiger partial charge is 0.104 e. The third kappa shape index (κ3) is 3.96. The van der Waals surface area contributed by atoms with Crippen molar-refractivity contribution in [2.75, 3.05) is 11.4 Å². The highest BCUT2D eigenvalue weighted by Gasteiger charge is 2.09. The molecule has 0 bridgehead atoms. The number of anilines is 1. The van der Waals surface area contributed by atoms with Crippen molar-refractivity contribution >= 4 is 34.5 Å². The maximum Gasteiger partial charge on any atom is 0.104 e. The van der Waals surface area contributed by atoms with Crippen molar-refractivity contribution in [2.45, 2.75) is 20.4 Å². The van der Waals surface area contributed by atoms with Crippen LogP contribution in [0, 0.1) is 6.92 Å². The van der Waals surface area contributed by atoms with Crippen LogP contribution in [-0.4, -0.2) is 11.5 Å². The summed E-state index contributed by atoms with van der Waals surface area (Å²) in [5.41, 5.74) is 9.95. The third-order valence-electron chi connectivity index (χ3n) is 3.45. The van der Waals surface area contributed by atoms with E-state index >= 15 is 0 Å². The van der Waals surface area contributed by atoms with Gasteiger partial charge in [-0.15, -0.1) is 0 Å². The van der Waals surface area contributed by atoms with Crippen molar-refractivity contribution in [2.24, 2.45) is 5.73 Å². The van der Waals surface area contributed by atoms with Crippen LogP contribution >= 0.6 is 23.8 Å². The second-order valence-corrected chi connectivity index (χ2v) is 5.87. The van der Waals surface area contributed by atoms with Crippen molar-refractivity contribution in [3.8, 4) is 0 Å². The number of thiocarbonyl (C=S) groups is 1. The molecule has 0 saturated carbocycles. The SMILES string of the molecule is CCN(Cc1ccc(C(N)=S)cc1Cl)c1cccc(C)c1. The minimum atomic E-state index is 0.370. The Morgan fingerprint density at radius 1 is 1.24 bits per heavy atom. The second-order valence-electron chi connectivity index (χ2n) is 5.02. The Bertz CT molecular complexity index is 655. The van der Waals surface area contributed by atoms with Crippen LogP contribution in [0.1, 0.15) is 23.6 Å². The lowest BCUT2D eigenvalue weighted by Gasteiger charge is -2.24. The highest BCUT2D eigenvalue weighted by atomic mass is 35.5. The Labute approximate surface area is 136 Å². The van der Waals surface area contributed by atoms with Crippen LogP contribution < -0.4 is 10.6 Å². The van der Waals surface area contributed by atoms with Crippen LogP contribution in [0.15, 0.2) is 42.5 Å². The molecule has 0 fully saturated rings. The minimum Gasteiger partial charge on any atom is -0.389 e. The fraction of sp³-hybridized carbons (Fsp3) is 0.235. The van der Waals surface area contributed by atoms with Gasteiger partial charge in [0.25, 0.3) is 0 Å². The van der Waals surface area contributed by atoms with Gasteiger partial charge in [-0.1, -0.05) is 48.1 Å². The van der Waals surface area contributed by atoms with E-state index in [4.69, 9.17) is 29.6 Å². The summed E-state index contributed by atoms with van der Waals surface area (Å²) in [6.45, 7) is 5.91. The molecular formula is C17H19ClN2S. The molecule has 0 aliphatic rings. The van der Waals surface area contributed by atoms with Gasteiger partial charge >= 0.3 is 0 Å². The first-order valence-corrected chi connectivity index (χ1v) is 7.69. The Balaban J connectivity index is 2.25. The maximum absolute atomic E-state index is 6.35. The topological polar surface area (TPSA) is 29.3 Å². The molecule has 0 saturated heterocycles. The zero-order valence-electron chi connectivity index (χ0n) is 12.3. The summed E-state index contributed by atoms with van der Waals surface area (Å²) in [5, 5.41) is 0.700. The van der Waals surface area contributed by atoms with Crippen molar-refractivity contribution in [3.63, 3.8) is 0 Å². The van der Waals surface area contributed by atoms with E-state index in [1.54, 1.807) is 0 Å². The van der Waals surface area contributed by atoms with Gasteiger partial charge in [-0.3, -0.25) is 0 Å². The van der Waals surface area contributed by atoms with Crippen LogP contribution in [0.25, 0.3) is 0 Å². The van der Waals surface area contributed by atoms with Crippen LogP contribution in [0.5, 0.6) is 0 Å². The van der Waals surface area contributed by atoms with E-state index < -0.39 is 0 Å². The molecular weight excluding hydrogens is 300 g/mol. The standard InChI is InChI=1S/C17H19ClN2S/c1-3-20(15-6-4-5-12(2)9-15)11-14-8-7-13(17(19)21)10-16(14)18/h4-10H,3,11H2,1-2H3,(H2,19,21). The Kier molecular flexibility index (Phi) is 5.21. The number of rotatable bonds is 5. The highest BCUT2D eigenvalue weighted by molar-refractivity contribution is 7.80. The summed E-state index contributed by atoms with van der Waals surface area (Å²) in [7, 11) is 0. The zero-order chi connectivity index (χ0) is 15.4. The largest absolute Gasteiger partial charge is 0.389 e. The predicted octanol–water partition coefficient (Wildman–Crippen LogP) is 4.31. The first kappa shape index (κ1) is 15.8. The van der Waals surface area contributed by atoms with Crippen molar-refractivity contribution in [1.29, 1.82) is 0 Å². The predicted molar refractivity (Wildman–Crippen MR) is 95.2 cm³/mol. The molecule has 0 radical (unpaired) electrons. The molecule has 2 rings (SSSR count). The van der Waals surface area contributed by atoms with Crippen molar-refractivity contribution in [3.05, 3.63) is 64.2 Å². The van der Waals surface area contributed by atoms with E-state index in [1.165, 1.54) is 11.3 Å². The average Bonchev–Trinajstić information content (AvgIpc) is 2.45. The molecule has 0 unspecified atom stereocenters. The van der Waals surface area contributed by atoms with E-state index in [9.17, 15) is 0 Å². The molecule has 0 atom stereocenters. The molecule has 2 N–H and O–H groups in total. The van der Waals surface area contributed by atoms with E-state index in [0.717, 1.165) is 24.2 Å². The number of nitrogens with two attached hydrogens (primary N) is 1. The van der Waals surface area contributed by atoms with Gasteiger partial charge in [0, 0.05) is 29.4 Å². The van der Waals surface area contributed by atoms with Gasteiger partial charge in [-0.05, 0) is 43.2 Å². The van der Waals surface area contributed by atoms with Gasteiger partial charge in [0.05, 0.1) is 0 Å². The number of halogens is 1. The lowest BCUT2D eigenvalue weighted by Crippen LogP contribution is -2.22. The van der Waals surface area contributed by atoms with Crippen LogP contribution in [0.3, 0.4) is 0 Å². The van der Waals surface area contributed by atoms with Crippen LogP contribution in [0.4, 0.5) is 5.69 Å². The Morgan fingerprint density at radius 3 is 2.57 bits per heavy atom. The van der Waals surface area contributed by atoms with Gasteiger partial charge in [-0.25, -0.2) is 0 Å². The van der Waals surface area contributed by atoms with E-state index in [2.05, 4.69) is 43.0 Å². The molecule has 0 aromatic heterocycles. The second kappa shape index (κ2) is 6.92. The van der Waals surface area contributed by atoms with Gasteiger partial charge in [0.2, 0.25) is 0 Å². The normalized spacial score (nSPS) is 10.4. The van der Waals surface area contributed by atoms with E-state index in [1.807, 2.05) is 18.2 Å². The number of aryl methyl sites for hydroxylation is 1. The number of hydrogen-bond donors (Lipinski definition) is 1. The Morgan fingerprint density at radius 2 is 2.00 bits per heavy atom. The summed E-state index contributed by atoms with van der Waals surface area (Å²) >= 11 is 11.3. The fourth-order valence-corrected chi connectivity index (χ4v) is 2.61. The Hall–Kier alpha value is -1.58. The lowest BCUT2D eigenvalue weighted by atomic mass is 10.1. The molecule has 2 aromatic rings. The average molecular weight is 319 g/mol. The molecule has 0 aliphatic carbocycles. The van der Waals surface area contributed by atoms with E-state index in [-0.39, 0.29) is 0 Å². The number of benzene rings is 2. The first-order chi connectivity index (χ1) is 10.0. The summed E-state index contributed by atoms with van der Waals surface area (Å²) in [6, 6.07) is 14.2. The lowest BCUT2D eigenvalue weighted by molar-refractivity contribution is 0.831. The number of nitrogens with zero attached hydrogens (tertiary/aromatic N) is 1. The van der Waals surface area contributed by atoms with Gasteiger partial charge in [0.15, 0.2) is 0 Å². The molecule has 4 heteroatoms. The van der Waals surface area contributed by atoms with Crippen molar-refractivity contribution < 1.29 is 0 Å². The zero-order valence-corrected chi connectivity index (χ0v) is 13.8. The summed E-state index contributed by atoms with van der Waals surface area (Å²) in [6.07, 6.45) is 0. The monoisotopic (exact) mass is 318 g/mol. The van der Waals surface area contributed by atoms with E-state index in [0.29, 0.717) is 10.0 Å². The highest BCUT2D eigenvalue weighted by Crippen LogP contribution is 2.23. The summed E-state index contributed by atoms with van der Waals surface area (Å²) < 4.78 is 0. The van der Waals surface area contributed by atoms with Crippen LogP contribution in [-0.2, 0) is 6.54 Å². The third-order valence-corrected chi connectivity index (χ3v) is 4.03. The fourth-order valence-electron chi connectivity index (χ4n) is 2.24. The van der Waals surface area contributed by atoms with Gasteiger partial charge in [-0.2, -0.15) is 0 Å². The molecule has 2 aromatic carbocycles. The van der Waals surface area contributed by atoms with Gasteiger partial charge in [0.1, 0.15) is 4.99 Å². The van der Waals surface area contributed by atoms with Crippen molar-refractivity contribution in [1.82, 2.24) is 0 Å². The first-order valence-electron chi connectivity index (χ1n) is 6.91. The van der Waals surface area contributed by atoms with Crippen LogP contribution in [0.2, 0.25) is 5.02 Å². The molecule has 0 aliphatic heterocycles. The van der Waals surface area contributed by atoms with Gasteiger partial charge < -0.3 is 10.6 Å². The molecule has 21 heavy (non-hydrogen) atoms. The molecule has 0 amide bonds. The molecule has 110 valence electrons. The molecule has 0 heterocycles. The maximum atomic E-state index is 6.35. The minimum absolute atomic E-state index is 0.370.